The standard InChI is InChI=1S/C14H10BNO3/c15-10-4-1-8(2-5-10)13-16-11-7-9(14(17)18)3-6-12(11)19-13/h1-7H,15H2,(H,17,18). The summed E-state index contributed by atoms with van der Waals surface area (Å²) >= 11 is 0. The quantitative estimate of drug-likeness (QED) is 0.700. The molecule has 19 heavy (non-hydrogen) atoms. The smallest absolute Gasteiger partial charge is 0.335 e. The van der Waals surface area contributed by atoms with Crippen LogP contribution in [0.25, 0.3) is 22.6 Å². The second-order valence-corrected chi connectivity index (χ2v) is 4.37. The van der Waals surface area contributed by atoms with Crippen molar-refractivity contribution in [2.45, 2.75) is 0 Å². The fourth-order valence-corrected chi connectivity index (χ4v) is 1.88. The largest absolute Gasteiger partial charge is 0.478 e. The van der Waals surface area contributed by atoms with Gasteiger partial charge in [0, 0.05) is 5.56 Å². The minimum Gasteiger partial charge on any atom is -0.478 e. The van der Waals surface area contributed by atoms with Crippen LogP contribution >= 0.6 is 0 Å². The third-order valence-corrected chi connectivity index (χ3v) is 2.93. The molecule has 5 heteroatoms. The molecule has 4 nitrogen and oxygen atoms in total. The summed E-state index contributed by atoms with van der Waals surface area (Å²) in [5.41, 5.74) is 3.37. The fourth-order valence-electron chi connectivity index (χ4n) is 1.88. The van der Waals surface area contributed by atoms with Gasteiger partial charge in [0.05, 0.1) is 5.56 Å². The van der Waals surface area contributed by atoms with Crippen molar-refractivity contribution in [1.29, 1.82) is 0 Å². The summed E-state index contributed by atoms with van der Waals surface area (Å²) in [6, 6.07) is 12.5. The van der Waals surface area contributed by atoms with E-state index in [1.54, 1.807) is 6.07 Å². The Labute approximate surface area is 110 Å². The van der Waals surface area contributed by atoms with Crippen LogP contribution in [-0.4, -0.2) is 23.9 Å². The first-order chi connectivity index (χ1) is 9.13. The number of carboxylic acid groups (broad SMARTS) is 1. The predicted octanol–water partition coefficient (Wildman–Crippen LogP) is 1.45. The molecule has 0 aliphatic carbocycles. The van der Waals surface area contributed by atoms with Gasteiger partial charge in [0.15, 0.2) is 5.58 Å². The van der Waals surface area contributed by atoms with Gasteiger partial charge in [-0.05, 0) is 18.2 Å². The Bertz CT molecular complexity index is 762. The zero-order valence-electron chi connectivity index (χ0n) is 10.3. The average molecular weight is 251 g/mol. The van der Waals surface area contributed by atoms with Crippen molar-refractivity contribution < 1.29 is 14.3 Å². The van der Waals surface area contributed by atoms with Crippen LogP contribution < -0.4 is 5.46 Å². The first-order valence-electron chi connectivity index (χ1n) is 5.84. The van der Waals surface area contributed by atoms with E-state index >= 15 is 0 Å². The van der Waals surface area contributed by atoms with Crippen molar-refractivity contribution in [2.24, 2.45) is 0 Å². The van der Waals surface area contributed by atoms with Crippen molar-refractivity contribution in [3.8, 4) is 11.5 Å². The van der Waals surface area contributed by atoms with Gasteiger partial charge in [-0.1, -0.05) is 29.7 Å². The van der Waals surface area contributed by atoms with E-state index in [1.165, 1.54) is 12.1 Å². The summed E-state index contributed by atoms with van der Waals surface area (Å²) in [6.45, 7) is 0. The third-order valence-electron chi connectivity index (χ3n) is 2.93. The number of fused-ring (bicyclic) bond motifs is 1. The lowest BCUT2D eigenvalue weighted by Gasteiger charge is -1.95. The molecule has 0 unspecified atom stereocenters. The van der Waals surface area contributed by atoms with E-state index < -0.39 is 5.97 Å². The Kier molecular flexibility index (Phi) is 2.60. The maximum Gasteiger partial charge on any atom is 0.335 e. The molecule has 0 bridgehead atoms. The van der Waals surface area contributed by atoms with E-state index in [9.17, 15) is 4.79 Å². The molecule has 0 fully saturated rings. The first kappa shape index (κ1) is 11.5. The van der Waals surface area contributed by atoms with Crippen LogP contribution in [0.3, 0.4) is 0 Å². The summed E-state index contributed by atoms with van der Waals surface area (Å²) in [5, 5.41) is 8.94. The maximum atomic E-state index is 10.9. The summed E-state index contributed by atoms with van der Waals surface area (Å²) in [4.78, 5) is 15.2. The second-order valence-electron chi connectivity index (χ2n) is 4.37. The number of benzene rings is 2. The van der Waals surface area contributed by atoms with Crippen LogP contribution in [0.2, 0.25) is 0 Å². The van der Waals surface area contributed by atoms with Gasteiger partial charge in [-0.3, -0.25) is 0 Å². The SMILES string of the molecule is Bc1ccc(-c2nc3cc(C(=O)O)ccc3o2)cc1. The predicted molar refractivity (Wildman–Crippen MR) is 74.6 cm³/mol. The Morgan fingerprint density at radius 3 is 2.58 bits per heavy atom. The summed E-state index contributed by atoms with van der Waals surface area (Å²) < 4.78 is 5.62. The van der Waals surface area contributed by atoms with Crippen molar-refractivity contribution in [1.82, 2.24) is 4.98 Å². The molecule has 0 aliphatic heterocycles. The van der Waals surface area contributed by atoms with Crippen molar-refractivity contribution in [2.75, 3.05) is 0 Å². The van der Waals surface area contributed by atoms with Gasteiger partial charge in [-0.25, -0.2) is 9.78 Å². The Morgan fingerprint density at radius 2 is 1.89 bits per heavy atom. The fraction of sp³-hybridized carbons (Fsp3) is 0. The monoisotopic (exact) mass is 251 g/mol. The Balaban J connectivity index is 2.11. The first-order valence-corrected chi connectivity index (χ1v) is 5.84. The van der Waals surface area contributed by atoms with Crippen molar-refractivity contribution in [3.63, 3.8) is 0 Å². The average Bonchev–Trinajstić information content (AvgIpc) is 2.82. The lowest BCUT2D eigenvalue weighted by atomic mass is 9.95. The lowest BCUT2D eigenvalue weighted by Crippen LogP contribution is -1.99. The number of oxazole rings is 1. The molecule has 1 heterocycles. The zero-order chi connectivity index (χ0) is 13.4. The van der Waals surface area contributed by atoms with Gasteiger partial charge in [0.1, 0.15) is 13.4 Å². The van der Waals surface area contributed by atoms with E-state index in [1.807, 2.05) is 32.1 Å². The molecule has 0 amide bonds. The molecule has 0 saturated carbocycles. The number of nitrogens with zero attached hydrogens (tertiary/aromatic N) is 1. The van der Waals surface area contributed by atoms with E-state index in [0.29, 0.717) is 17.0 Å². The minimum absolute atomic E-state index is 0.205. The van der Waals surface area contributed by atoms with E-state index in [4.69, 9.17) is 9.52 Å². The number of carboxylic acids is 1. The second kappa shape index (κ2) is 4.28. The molecule has 2 aromatic carbocycles. The zero-order valence-corrected chi connectivity index (χ0v) is 10.3. The summed E-state index contributed by atoms with van der Waals surface area (Å²) in [7, 11) is 2.01. The number of rotatable bonds is 2. The number of hydrogen-bond donors (Lipinski definition) is 1. The van der Waals surface area contributed by atoms with Crippen molar-refractivity contribution >= 4 is 30.4 Å². The highest BCUT2D eigenvalue weighted by Crippen LogP contribution is 2.24. The molecule has 3 aromatic rings. The topological polar surface area (TPSA) is 63.3 Å². The molecule has 1 aromatic heterocycles. The molecule has 0 atom stereocenters. The molecular weight excluding hydrogens is 241 g/mol. The van der Waals surface area contributed by atoms with Crippen LogP contribution in [0.15, 0.2) is 46.9 Å². The van der Waals surface area contributed by atoms with Crippen LogP contribution in [-0.2, 0) is 0 Å². The molecule has 1 N–H and O–H groups in total. The number of aromatic carboxylic acids is 1. The van der Waals surface area contributed by atoms with Crippen LogP contribution in [0, 0.1) is 0 Å². The van der Waals surface area contributed by atoms with E-state index in [-0.39, 0.29) is 5.56 Å². The molecular formula is C14H10BNO3. The highest BCUT2D eigenvalue weighted by Gasteiger charge is 2.10. The van der Waals surface area contributed by atoms with Crippen LogP contribution in [0.5, 0.6) is 0 Å². The van der Waals surface area contributed by atoms with Crippen LogP contribution in [0.1, 0.15) is 10.4 Å². The van der Waals surface area contributed by atoms with Gasteiger partial charge in [0.25, 0.3) is 0 Å². The summed E-state index contributed by atoms with van der Waals surface area (Å²) in [6.07, 6.45) is 0. The Hall–Kier alpha value is -2.56. The normalized spacial score (nSPS) is 10.7. The number of hydrogen-bond acceptors (Lipinski definition) is 3. The van der Waals surface area contributed by atoms with Gasteiger partial charge in [-0.15, -0.1) is 0 Å². The molecule has 3 rings (SSSR count). The third kappa shape index (κ3) is 2.10. The minimum atomic E-state index is -0.971. The maximum absolute atomic E-state index is 10.9. The lowest BCUT2D eigenvalue weighted by molar-refractivity contribution is 0.0697. The Morgan fingerprint density at radius 1 is 1.16 bits per heavy atom. The van der Waals surface area contributed by atoms with Crippen molar-refractivity contribution in [3.05, 3.63) is 48.0 Å². The van der Waals surface area contributed by atoms with Gasteiger partial charge < -0.3 is 9.52 Å². The van der Waals surface area contributed by atoms with E-state index in [2.05, 4.69) is 4.98 Å². The van der Waals surface area contributed by atoms with Crippen LogP contribution in [0.4, 0.5) is 0 Å². The van der Waals surface area contributed by atoms with Gasteiger partial charge >= 0.3 is 5.97 Å². The van der Waals surface area contributed by atoms with Gasteiger partial charge in [0.2, 0.25) is 5.89 Å². The molecule has 0 radical (unpaired) electrons. The highest BCUT2D eigenvalue weighted by atomic mass is 16.4. The van der Waals surface area contributed by atoms with Gasteiger partial charge in [-0.2, -0.15) is 0 Å². The molecule has 0 spiro atoms. The van der Waals surface area contributed by atoms with E-state index in [0.717, 1.165) is 11.0 Å². The molecule has 0 aliphatic rings. The number of aromatic nitrogens is 1. The molecule has 0 saturated heterocycles. The number of carbonyl (C=O) groups is 1. The molecule has 92 valence electrons. The highest BCUT2D eigenvalue weighted by molar-refractivity contribution is 6.32. The summed E-state index contributed by atoms with van der Waals surface area (Å²) in [5.74, 6) is -0.473.